The van der Waals surface area contributed by atoms with Gasteiger partial charge >= 0.3 is 0 Å². The molecule has 0 saturated carbocycles. The molecule has 1 aliphatic rings. The second kappa shape index (κ2) is 7.64. The fourth-order valence-electron chi connectivity index (χ4n) is 3.53. The van der Waals surface area contributed by atoms with Crippen molar-refractivity contribution in [3.8, 4) is 0 Å². The Morgan fingerprint density at radius 2 is 1.28 bits per heavy atom. The molecule has 0 aromatic heterocycles. The van der Waals surface area contributed by atoms with Gasteiger partial charge in [0.1, 0.15) is 6.04 Å². The van der Waals surface area contributed by atoms with Gasteiger partial charge in [0.15, 0.2) is 11.6 Å². The van der Waals surface area contributed by atoms with Crippen LogP contribution in [0.4, 0.5) is 5.69 Å². The van der Waals surface area contributed by atoms with Gasteiger partial charge in [0, 0.05) is 17.5 Å². The van der Waals surface area contributed by atoms with Gasteiger partial charge in [0.25, 0.3) is 11.7 Å². The molecular formula is C24H17NO4. The third-order valence-electron chi connectivity index (χ3n) is 4.97. The third-order valence-corrected chi connectivity index (χ3v) is 4.97. The van der Waals surface area contributed by atoms with Crippen molar-refractivity contribution in [2.45, 2.75) is 12.5 Å². The van der Waals surface area contributed by atoms with Gasteiger partial charge < -0.3 is 0 Å². The number of hydrogen-bond donors (Lipinski definition) is 0. The molecule has 0 saturated heterocycles. The van der Waals surface area contributed by atoms with E-state index in [1.54, 1.807) is 84.9 Å². The van der Waals surface area contributed by atoms with Crippen LogP contribution in [0.15, 0.2) is 84.9 Å². The Balaban J connectivity index is 1.77. The van der Waals surface area contributed by atoms with Crippen LogP contribution < -0.4 is 4.90 Å². The van der Waals surface area contributed by atoms with E-state index in [0.29, 0.717) is 16.8 Å². The molecule has 1 atom stereocenters. The molecule has 0 radical (unpaired) electrons. The van der Waals surface area contributed by atoms with E-state index in [-0.39, 0.29) is 23.6 Å². The summed E-state index contributed by atoms with van der Waals surface area (Å²) in [4.78, 5) is 52.6. The van der Waals surface area contributed by atoms with E-state index in [0.717, 1.165) is 0 Å². The maximum Gasteiger partial charge on any atom is 0.300 e. The van der Waals surface area contributed by atoms with Gasteiger partial charge in [-0.25, -0.2) is 0 Å². The van der Waals surface area contributed by atoms with Crippen LogP contribution in [0.1, 0.15) is 37.5 Å². The average Bonchev–Trinajstić information content (AvgIpc) is 3.03. The Bertz CT molecular complexity index is 1110. The van der Waals surface area contributed by atoms with Crippen LogP contribution in [0, 0.1) is 0 Å². The average molecular weight is 383 g/mol. The quantitative estimate of drug-likeness (QED) is 0.480. The first-order valence-electron chi connectivity index (χ1n) is 9.22. The lowest BCUT2D eigenvalue weighted by Crippen LogP contribution is -2.46. The van der Waals surface area contributed by atoms with Gasteiger partial charge in [0.05, 0.1) is 11.3 Å². The van der Waals surface area contributed by atoms with E-state index < -0.39 is 17.7 Å². The molecule has 3 aromatic carbocycles. The van der Waals surface area contributed by atoms with Crippen LogP contribution in [-0.2, 0) is 4.79 Å². The number of carbonyl (C=O) groups is 4. The fraction of sp³-hybridized carbons (Fsp3) is 0.0833. The van der Waals surface area contributed by atoms with Crippen molar-refractivity contribution >= 4 is 28.9 Å². The number of fused-ring (bicyclic) bond motifs is 1. The number of para-hydroxylation sites is 1. The lowest BCUT2D eigenvalue weighted by Gasteiger charge is -2.26. The molecule has 29 heavy (non-hydrogen) atoms. The van der Waals surface area contributed by atoms with Gasteiger partial charge in [-0.2, -0.15) is 0 Å². The van der Waals surface area contributed by atoms with Gasteiger partial charge in [0.2, 0.25) is 0 Å². The molecule has 0 aliphatic carbocycles. The van der Waals surface area contributed by atoms with Crippen LogP contribution >= 0.6 is 0 Å². The molecule has 5 nitrogen and oxygen atoms in total. The number of hydrogen-bond acceptors (Lipinski definition) is 4. The Morgan fingerprint density at radius 1 is 0.724 bits per heavy atom. The maximum atomic E-state index is 13.3. The smallest absolute Gasteiger partial charge is 0.294 e. The maximum absolute atomic E-state index is 13.3. The first-order valence-corrected chi connectivity index (χ1v) is 9.22. The minimum atomic E-state index is -1.11. The second-order valence-electron chi connectivity index (χ2n) is 6.76. The molecule has 1 amide bonds. The number of nitrogens with zero attached hydrogens (tertiary/aromatic N) is 1. The molecule has 0 spiro atoms. The van der Waals surface area contributed by atoms with Crippen molar-refractivity contribution < 1.29 is 19.2 Å². The van der Waals surface area contributed by atoms with Crippen molar-refractivity contribution in [1.82, 2.24) is 0 Å². The molecule has 0 N–H and O–H groups in total. The van der Waals surface area contributed by atoms with Crippen LogP contribution in [0.5, 0.6) is 0 Å². The third kappa shape index (κ3) is 3.38. The van der Waals surface area contributed by atoms with E-state index in [4.69, 9.17) is 0 Å². The van der Waals surface area contributed by atoms with Gasteiger partial charge in [-0.3, -0.25) is 24.1 Å². The summed E-state index contributed by atoms with van der Waals surface area (Å²) in [5.74, 6) is -2.11. The summed E-state index contributed by atoms with van der Waals surface area (Å²) >= 11 is 0. The fourth-order valence-corrected chi connectivity index (χ4v) is 3.53. The number of benzene rings is 3. The minimum absolute atomic E-state index is 0.217. The van der Waals surface area contributed by atoms with Crippen molar-refractivity contribution in [3.05, 3.63) is 102 Å². The molecule has 0 bridgehead atoms. The van der Waals surface area contributed by atoms with Crippen molar-refractivity contribution in [2.24, 2.45) is 0 Å². The van der Waals surface area contributed by atoms with Crippen LogP contribution in [0.25, 0.3) is 0 Å². The lowest BCUT2D eigenvalue weighted by atomic mass is 9.95. The number of carbonyl (C=O) groups excluding carboxylic acids is 4. The summed E-state index contributed by atoms with van der Waals surface area (Å²) in [5, 5.41) is 0. The molecule has 5 heteroatoms. The van der Waals surface area contributed by atoms with Gasteiger partial charge in [-0.05, 0) is 12.1 Å². The summed E-state index contributed by atoms with van der Waals surface area (Å²) in [7, 11) is 0. The number of rotatable bonds is 6. The SMILES string of the molecule is O=C(C[C@@H](C(=O)c1ccccc1)N1C(=O)C(=O)c2ccccc21)c1ccccc1. The first-order chi connectivity index (χ1) is 14.1. The lowest BCUT2D eigenvalue weighted by molar-refractivity contribution is -0.114. The van der Waals surface area contributed by atoms with Crippen molar-refractivity contribution in [1.29, 1.82) is 0 Å². The number of anilines is 1. The molecule has 1 aliphatic heterocycles. The Kier molecular flexibility index (Phi) is 4.87. The Hall–Kier alpha value is -3.86. The highest BCUT2D eigenvalue weighted by molar-refractivity contribution is 6.53. The molecule has 0 fully saturated rings. The largest absolute Gasteiger partial charge is 0.300 e. The highest BCUT2D eigenvalue weighted by Gasteiger charge is 2.43. The van der Waals surface area contributed by atoms with E-state index in [2.05, 4.69) is 0 Å². The van der Waals surface area contributed by atoms with Gasteiger partial charge in [-0.15, -0.1) is 0 Å². The van der Waals surface area contributed by atoms with Crippen molar-refractivity contribution in [2.75, 3.05) is 4.90 Å². The number of ketones is 3. The molecule has 1 heterocycles. The second-order valence-corrected chi connectivity index (χ2v) is 6.76. The van der Waals surface area contributed by atoms with E-state index in [9.17, 15) is 19.2 Å². The Morgan fingerprint density at radius 3 is 1.93 bits per heavy atom. The van der Waals surface area contributed by atoms with Crippen LogP contribution in [0.3, 0.4) is 0 Å². The number of amides is 1. The zero-order valence-corrected chi connectivity index (χ0v) is 15.4. The standard InChI is InChI=1S/C24H17NO4/c26-21(16-9-3-1-4-10-16)15-20(22(27)17-11-5-2-6-12-17)25-19-14-8-7-13-18(19)23(28)24(25)29/h1-14,20H,15H2/t20-/m0/s1. The number of Topliss-reactive ketones (excluding diaryl/α,β-unsaturated/α-hetero) is 3. The normalized spacial score (nSPS) is 13.9. The summed E-state index contributed by atoms with van der Waals surface area (Å²) in [5.41, 5.74) is 1.43. The summed E-state index contributed by atoms with van der Waals surface area (Å²) in [6.07, 6.45) is -0.217. The van der Waals surface area contributed by atoms with Crippen LogP contribution in [0.2, 0.25) is 0 Å². The van der Waals surface area contributed by atoms with Crippen LogP contribution in [-0.4, -0.2) is 29.3 Å². The summed E-state index contributed by atoms with van der Waals surface area (Å²) < 4.78 is 0. The predicted molar refractivity (Wildman–Crippen MR) is 108 cm³/mol. The molecule has 3 aromatic rings. The summed E-state index contributed by atoms with van der Waals surface area (Å²) in [6, 6.07) is 22.5. The molecular weight excluding hydrogens is 366 g/mol. The van der Waals surface area contributed by atoms with Gasteiger partial charge in [-0.1, -0.05) is 72.8 Å². The molecule has 142 valence electrons. The monoisotopic (exact) mass is 383 g/mol. The minimum Gasteiger partial charge on any atom is -0.294 e. The predicted octanol–water partition coefficient (Wildman–Crippen LogP) is 3.74. The topological polar surface area (TPSA) is 71.5 Å². The zero-order valence-electron chi connectivity index (χ0n) is 15.4. The van der Waals surface area contributed by atoms with Crippen molar-refractivity contribution in [3.63, 3.8) is 0 Å². The van der Waals surface area contributed by atoms with E-state index >= 15 is 0 Å². The Labute approximate surface area is 167 Å². The van der Waals surface area contributed by atoms with E-state index in [1.165, 1.54) is 4.90 Å². The molecule has 0 unspecified atom stereocenters. The summed E-state index contributed by atoms with van der Waals surface area (Å²) in [6.45, 7) is 0. The highest BCUT2D eigenvalue weighted by atomic mass is 16.2. The van der Waals surface area contributed by atoms with E-state index in [1.807, 2.05) is 0 Å². The molecule has 4 rings (SSSR count). The highest BCUT2D eigenvalue weighted by Crippen LogP contribution is 2.32. The first kappa shape index (κ1) is 18.5. The zero-order chi connectivity index (χ0) is 20.4.